The zero-order chi connectivity index (χ0) is 16.2. The van der Waals surface area contributed by atoms with Crippen molar-refractivity contribution < 1.29 is 9.59 Å². The Hall–Kier alpha value is -2.14. The van der Waals surface area contributed by atoms with Gasteiger partial charge in [-0.3, -0.25) is 9.59 Å². The van der Waals surface area contributed by atoms with Crippen LogP contribution >= 0.6 is 15.9 Å². The summed E-state index contributed by atoms with van der Waals surface area (Å²) < 4.78 is 0.767. The molecule has 0 saturated heterocycles. The number of carbonyl (C=O) groups excluding carboxylic acids is 2. The van der Waals surface area contributed by atoms with Crippen molar-refractivity contribution in [3.05, 3.63) is 64.1 Å². The Morgan fingerprint density at radius 2 is 1.87 bits per heavy atom. The molecule has 0 radical (unpaired) electrons. The van der Waals surface area contributed by atoms with E-state index < -0.39 is 0 Å². The standard InChI is InChI=1S/C18H17BrN2O2/c19-16-7-2-1-6-15(16)18(23)20-11-12-4-3-5-14(10-12)21-17(22)13-8-9-13/h1-7,10,13H,8-9,11H2,(H,20,23)(H,21,22). The first-order valence-electron chi connectivity index (χ1n) is 7.56. The van der Waals surface area contributed by atoms with Crippen molar-refractivity contribution in [1.29, 1.82) is 0 Å². The highest BCUT2D eigenvalue weighted by Crippen LogP contribution is 2.30. The number of amides is 2. The van der Waals surface area contributed by atoms with Gasteiger partial charge in [0, 0.05) is 22.6 Å². The number of carbonyl (C=O) groups is 2. The Labute approximate surface area is 143 Å². The largest absolute Gasteiger partial charge is 0.348 e. The lowest BCUT2D eigenvalue weighted by atomic mass is 10.1. The predicted octanol–water partition coefficient (Wildman–Crippen LogP) is 3.73. The monoisotopic (exact) mass is 372 g/mol. The molecular weight excluding hydrogens is 356 g/mol. The molecular formula is C18H17BrN2O2. The maximum Gasteiger partial charge on any atom is 0.252 e. The minimum absolute atomic E-state index is 0.0828. The van der Waals surface area contributed by atoms with Crippen LogP contribution in [0.3, 0.4) is 0 Å². The van der Waals surface area contributed by atoms with E-state index >= 15 is 0 Å². The fourth-order valence-electron chi connectivity index (χ4n) is 2.27. The average molecular weight is 373 g/mol. The number of rotatable bonds is 5. The van der Waals surface area contributed by atoms with Crippen molar-refractivity contribution in [3.8, 4) is 0 Å². The molecule has 0 spiro atoms. The molecule has 4 nitrogen and oxygen atoms in total. The SMILES string of the molecule is O=C(NCc1cccc(NC(=O)C2CC2)c1)c1ccccc1Br. The zero-order valence-corrected chi connectivity index (χ0v) is 14.1. The van der Waals surface area contributed by atoms with Gasteiger partial charge in [0.1, 0.15) is 0 Å². The number of halogens is 1. The maximum atomic E-state index is 12.2. The van der Waals surface area contributed by atoms with Gasteiger partial charge in [0.15, 0.2) is 0 Å². The van der Waals surface area contributed by atoms with Gasteiger partial charge in [-0.2, -0.15) is 0 Å². The minimum Gasteiger partial charge on any atom is -0.348 e. The molecule has 5 heteroatoms. The van der Waals surface area contributed by atoms with Gasteiger partial charge in [-0.05, 0) is 58.6 Å². The summed E-state index contributed by atoms with van der Waals surface area (Å²) >= 11 is 3.37. The number of hydrogen-bond acceptors (Lipinski definition) is 2. The van der Waals surface area contributed by atoms with Crippen LogP contribution in [0.25, 0.3) is 0 Å². The Morgan fingerprint density at radius 1 is 1.09 bits per heavy atom. The van der Waals surface area contributed by atoms with E-state index in [0.717, 1.165) is 28.6 Å². The van der Waals surface area contributed by atoms with Crippen molar-refractivity contribution in [3.63, 3.8) is 0 Å². The highest BCUT2D eigenvalue weighted by molar-refractivity contribution is 9.10. The molecule has 1 saturated carbocycles. The van der Waals surface area contributed by atoms with Crippen LogP contribution in [0.1, 0.15) is 28.8 Å². The molecule has 2 aromatic rings. The summed E-state index contributed by atoms with van der Waals surface area (Å²) in [5.74, 6) is 0.123. The van der Waals surface area contributed by atoms with Gasteiger partial charge >= 0.3 is 0 Å². The fraction of sp³-hybridized carbons (Fsp3) is 0.222. The van der Waals surface area contributed by atoms with Crippen LogP contribution in [0.4, 0.5) is 5.69 Å². The number of nitrogens with one attached hydrogen (secondary N) is 2. The van der Waals surface area contributed by atoms with Gasteiger partial charge in [-0.15, -0.1) is 0 Å². The van der Waals surface area contributed by atoms with Crippen molar-refractivity contribution in [2.24, 2.45) is 5.92 Å². The third-order valence-corrected chi connectivity index (χ3v) is 4.41. The average Bonchev–Trinajstić information content (AvgIpc) is 3.38. The molecule has 0 unspecified atom stereocenters. The fourth-order valence-corrected chi connectivity index (χ4v) is 2.74. The van der Waals surface area contributed by atoms with Crippen LogP contribution in [0, 0.1) is 5.92 Å². The van der Waals surface area contributed by atoms with Crippen LogP contribution in [0.2, 0.25) is 0 Å². The first-order chi connectivity index (χ1) is 11.1. The summed E-state index contributed by atoms with van der Waals surface area (Å²) in [6, 6.07) is 14.9. The Bertz CT molecular complexity index is 741. The second kappa shape index (κ2) is 6.96. The highest BCUT2D eigenvalue weighted by atomic mass is 79.9. The molecule has 2 aromatic carbocycles. The molecule has 3 rings (SSSR count). The van der Waals surface area contributed by atoms with Crippen LogP contribution in [0.15, 0.2) is 53.0 Å². The van der Waals surface area contributed by atoms with E-state index in [1.54, 1.807) is 6.07 Å². The number of benzene rings is 2. The molecule has 1 aliphatic rings. The van der Waals surface area contributed by atoms with Gasteiger partial charge in [-0.1, -0.05) is 24.3 Å². The first-order valence-corrected chi connectivity index (χ1v) is 8.35. The Morgan fingerprint density at radius 3 is 2.61 bits per heavy atom. The van der Waals surface area contributed by atoms with Crippen LogP contribution in [0.5, 0.6) is 0 Å². The Balaban J connectivity index is 1.60. The molecule has 118 valence electrons. The van der Waals surface area contributed by atoms with Crippen molar-refractivity contribution in [2.75, 3.05) is 5.32 Å². The van der Waals surface area contributed by atoms with E-state index in [-0.39, 0.29) is 17.7 Å². The molecule has 2 N–H and O–H groups in total. The molecule has 1 fully saturated rings. The molecule has 0 aliphatic heterocycles. The summed E-state index contributed by atoms with van der Waals surface area (Å²) in [6.45, 7) is 0.410. The van der Waals surface area contributed by atoms with Gasteiger partial charge in [0.05, 0.1) is 5.56 Å². The molecule has 0 heterocycles. The maximum absolute atomic E-state index is 12.2. The van der Waals surface area contributed by atoms with E-state index in [0.29, 0.717) is 12.1 Å². The lowest BCUT2D eigenvalue weighted by Crippen LogP contribution is -2.23. The predicted molar refractivity (Wildman–Crippen MR) is 93.1 cm³/mol. The normalized spacial score (nSPS) is 13.4. The van der Waals surface area contributed by atoms with Gasteiger partial charge in [0.2, 0.25) is 5.91 Å². The van der Waals surface area contributed by atoms with E-state index in [9.17, 15) is 9.59 Å². The van der Waals surface area contributed by atoms with E-state index in [1.165, 1.54) is 0 Å². The van der Waals surface area contributed by atoms with Crippen molar-refractivity contribution >= 4 is 33.4 Å². The summed E-state index contributed by atoms with van der Waals surface area (Å²) in [4.78, 5) is 24.0. The topological polar surface area (TPSA) is 58.2 Å². The van der Waals surface area contributed by atoms with E-state index in [4.69, 9.17) is 0 Å². The molecule has 1 aliphatic carbocycles. The third-order valence-electron chi connectivity index (χ3n) is 3.71. The summed E-state index contributed by atoms with van der Waals surface area (Å²) in [6.07, 6.45) is 1.96. The number of hydrogen-bond donors (Lipinski definition) is 2. The van der Waals surface area contributed by atoms with Crippen molar-refractivity contribution in [1.82, 2.24) is 5.32 Å². The van der Waals surface area contributed by atoms with Crippen LogP contribution in [-0.2, 0) is 11.3 Å². The summed E-state index contributed by atoms with van der Waals surface area (Å²) in [5.41, 5.74) is 2.32. The van der Waals surface area contributed by atoms with Gasteiger partial charge in [-0.25, -0.2) is 0 Å². The molecule has 23 heavy (non-hydrogen) atoms. The van der Waals surface area contributed by atoms with Crippen molar-refractivity contribution in [2.45, 2.75) is 19.4 Å². The molecule has 2 amide bonds. The summed E-state index contributed by atoms with van der Waals surface area (Å²) in [7, 11) is 0. The zero-order valence-electron chi connectivity index (χ0n) is 12.5. The smallest absolute Gasteiger partial charge is 0.252 e. The first kappa shape index (κ1) is 15.7. The number of anilines is 1. The lowest BCUT2D eigenvalue weighted by Gasteiger charge is -2.09. The molecule has 0 atom stereocenters. The second-order valence-electron chi connectivity index (χ2n) is 5.63. The lowest BCUT2D eigenvalue weighted by molar-refractivity contribution is -0.117. The highest BCUT2D eigenvalue weighted by Gasteiger charge is 2.29. The van der Waals surface area contributed by atoms with E-state index in [1.807, 2.05) is 42.5 Å². The van der Waals surface area contributed by atoms with Gasteiger partial charge in [0.25, 0.3) is 5.91 Å². The second-order valence-corrected chi connectivity index (χ2v) is 6.48. The Kier molecular flexibility index (Phi) is 4.76. The quantitative estimate of drug-likeness (QED) is 0.839. The van der Waals surface area contributed by atoms with Crippen LogP contribution in [-0.4, -0.2) is 11.8 Å². The third kappa shape index (κ3) is 4.20. The van der Waals surface area contributed by atoms with Crippen LogP contribution < -0.4 is 10.6 Å². The van der Waals surface area contributed by atoms with E-state index in [2.05, 4.69) is 26.6 Å². The summed E-state index contributed by atoms with van der Waals surface area (Å²) in [5, 5.41) is 5.80. The van der Waals surface area contributed by atoms with Gasteiger partial charge < -0.3 is 10.6 Å². The molecule has 0 bridgehead atoms. The minimum atomic E-state index is -0.134. The molecule has 0 aromatic heterocycles.